The first-order valence-corrected chi connectivity index (χ1v) is 8.00. The number of H-pyrrole nitrogens is 1. The molecule has 3 heterocycles. The number of rotatable bonds is 1. The van der Waals surface area contributed by atoms with Crippen molar-refractivity contribution in [1.29, 1.82) is 0 Å². The highest BCUT2D eigenvalue weighted by Gasteiger charge is 2.36. The maximum atomic E-state index is 12.3. The average Bonchev–Trinajstić information content (AvgIpc) is 3.06. The second-order valence-electron chi connectivity index (χ2n) is 6.24. The molecule has 0 spiro atoms. The number of thiazole rings is 1. The number of aromatic nitrogens is 3. The Balaban J connectivity index is 1.83. The lowest BCUT2D eigenvalue weighted by Crippen LogP contribution is -2.45. The Kier molecular flexibility index (Phi) is 2.60. The second-order valence-corrected chi connectivity index (χ2v) is 6.96. The molecule has 0 aromatic carbocycles. The number of imidazole rings is 1. The molecule has 0 radical (unpaired) electrons. The number of fused-ring (bicyclic) bond motifs is 2. The van der Waals surface area contributed by atoms with E-state index >= 15 is 0 Å². The van der Waals surface area contributed by atoms with Gasteiger partial charge in [-0.3, -0.25) is 4.79 Å². The quantitative estimate of drug-likeness (QED) is 0.849. The minimum atomic E-state index is -0.212. The van der Waals surface area contributed by atoms with Gasteiger partial charge in [0.05, 0.1) is 22.6 Å². The summed E-state index contributed by atoms with van der Waals surface area (Å²) in [7, 11) is 0. The lowest BCUT2D eigenvalue weighted by Gasteiger charge is -2.36. The van der Waals surface area contributed by atoms with E-state index in [1.807, 2.05) is 5.38 Å². The van der Waals surface area contributed by atoms with Crippen LogP contribution in [-0.2, 0) is 11.2 Å². The average molecular weight is 300 g/mol. The van der Waals surface area contributed by atoms with Gasteiger partial charge in [-0.25, -0.2) is 9.97 Å². The molecule has 2 aliphatic rings. The predicted octanol–water partition coefficient (Wildman–Crippen LogP) is 2.53. The first-order chi connectivity index (χ1) is 10.0. The van der Waals surface area contributed by atoms with Crippen molar-refractivity contribution in [3.63, 3.8) is 0 Å². The van der Waals surface area contributed by atoms with E-state index in [2.05, 4.69) is 34.1 Å². The number of carbonyl (C=O) groups excluding carboxylic acids is 1. The Morgan fingerprint density at radius 2 is 2.19 bits per heavy atom. The third-order valence-corrected chi connectivity index (χ3v) is 4.61. The number of aryl methyl sites for hydroxylation is 1. The van der Waals surface area contributed by atoms with Gasteiger partial charge in [0, 0.05) is 22.9 Å². The zero-order valence-corrected chi connectivity index (χ0v) is 12.8. The van der Waals surface area contributed by atoms with E-state index in [-0.39, 0.29) is 11.3 Å². The molecule has 6 heteroatoms. The molecule has 1 aliphatic carbocycles. The molecule has 21 heavy (non-hydrogen) atoms. The fourth-order valence-corrected chi connectivity index (χ4v) is 3.61. The summed E-state index contributed by atoms with van der Waals surface area (Å²) in [5.74, 6) is 1.04. The van der Waals surface area contributed by atoms with E-state index in [0.29, 0.717) is 6.42 Å². The number of hydrogen-bond donors (Lipinski definition) is 2. The summed E-state index contributed by atoms with van der Waals surface area (Å²) < 4.78 is 0. The third kappa shape index (κ3) is 2.01. The monoisotopic (exact) mass is 300 g/mol. The molecule has 0 saturated carbocycles. The van der Waals surface area contributed by atoms with Crippen molar-refractivity contribution < 1.29 is 4.79 Å². The molecule has 5 nitrogen and oxygen atoms in total. The first kappa shape index (κ1) is 12.8. The molecule has 0 atom stereocenters. The summed E-state index contributed by atoms with van der Waals surface area (Å²) >= 11 is 1.55. The van der Waals surface area contributed by atoms with Crippen LogP contribution in [-0.4, -0.2) is 26.3 Å². The van der Waals surface area contributed by atoms with Gasteiger partial charge in [0.2, 0.25) is 0 Å². The van der Waals surface area contributed by atoms with Crippen molar-refractivity contribution in [2.75, 3.05) is 0 Å². The largest absolute Gasteiger partial charge is 0.378 e. The summed E-state index contributed by atoms with van der Waals surface area (Å²) in [5.41, 5.74) is 6.28. The van der Waals surface area contributed by atoms with Crippen molar-refractivity contribution in [3.8, 4) is 11.5 Å². The van der Waals surface area contributed by atoms with Crippen molar-refractivity contribution in [3.05, 3.63) is 27.9 Å². The predicted molar refractivity (Wildman–Crippen MR) is 81.8 cm³/mol. The zero-order valence-electron chi connectivity index (χ0n) is 12.0. The van der Waals surface area contributed by atoms with Crippen LogP contribution in [0.1, 0.15) is 38.1 Å². The molecule has 2 aromatic heterocycles. The van der Waals surface area contributed by atoms with Gasteiger partial charge >= 0.3 is 0 Å². The number of aromatic amines is 1. The highest BCUT2D eigenvalue weighted by atomic mass is 32.1. The zero-order chi connectivity index (χ0) is 14.6. The van der Waals surface area contributed by atoms with Gasteiger partial charge in [0.25, 0.3) is 0 Å². The van der Waals surface area contributed by atoms with Crippen molar-refractivity contribution >= 4 is 22.8 Å². The van der Waals surface area contributed by atoms with E-state index in [1.165, 1.54) is 0 Å². The molecular formula is C15H16N4OS. The van der Waals surface area contributed by atoms with Gasteiger partial charge in [-0.15, -0.1) is 11.3 Å². The van der Waals surface area contributed by atoms with Crippen molar-refractivity contribution in [1.82, 2.24) is 20.3 Å². The minimum Gasteiger partial charge on any atom is -0.378 e. The van der Waals surface area contributed by atoms with Gasteiger partial charge in [0.15, 0.2) is 11.6 Å². The fourth-order valence-electron chi connectivity index (χ4n) is 3.07. The SMILES string of the molecule is CC1(C)CC(=O)C2=C(N1)c1[nH]c(-c3cscn3)nc1CC2. The van der Waals surface area contributed by atoms with Crippen molar-refractivity contribution in [2.45, 2.75) is 38.6 Å². The minimum absolute atomic E-state index is 0.212. The number of allylic oxidation sites excluding steroid dienone is 1. The number of hydrogen-bond acceptors (Lipinski definition) is 5. The van der Waals surface area contributed by atoms with Gasteiger partial charge in [-0.05, 0) is 26.7 Å². The van der Waals surface area contributed by atoms with Crippen LogP contribution in [0, 0.1) is 0 Å². The molecular weight excluding hydrogens is 284 g/mol. The standard InChI is InChI=1S/C15H16N4OS/c1-15(2)5-11(20)8-3-4-9-13(12(8)19-15)18-14(17-9)10-6-21-7-16-10/h6-7,19H,3-5H2,1-2H3,(H,17,18). The van der Waals surface area contributed by atoms with Crippen LogP contribution >= 0.6 is 11.3 Å². The Morgan fingerprint density at radius 1 is 1.33 bits per heavy atom. The summed E-state index contributed by atoms with van der Waals surface area (Å²) in [6.45, 7) is 4.11. The van der Waals surface area contributed by atoms with E-state index < -0.39 is 0 Å². The van der Waals surface area contributed by atoms with E-state index in [1.54, 1.807) is 16.8 Å². The van der Waals surface area contributed by atoms with Crippen LogP contribution in [0.3, 0.4) is 0 Å². The first-order valence-electron chi connectivity index (χ1n) is 7.06. The molecule has 0 bridgehead atoms. The normalized spacial score (nSPS) is 20.0. The Labute approximate surface area is 126 Å². The van der Waals surface area contributed by atoms with Crippen LogP contribution in [0.25, 0.3) is 17.2 Å². The number of nitrogens with zero attached hydrogens (tertiary/aromatic N) is 2. The lowest BCUT2D eigenvalue weighted by atomic mass is 9.83. The Bertz CT molecular complexity index is 755. The molecule has 4 rings (SSSR count). The van der Waals surface area contributed by atoms with Crippen LogP contribution in [0.15, 0.2) is 16.5 Å². The van der Waals surface area contributed by atoms with Gasteiger partial charge in [-0.2, -0.15) is 0 Å². The maximum Gasteiger partial charge on any atom is 0.163 e. The van der Waals surface area contributed by atoms with E-state index in [9.17, 15) is 4.79 Å². The molecule has 2 aromatic rings. The summed E-state index contributed by atoms with van der Waals surface area (Å²) in [6, 6.07) is 0. The second kappa shape index (κ2) is 4.27. The van der Waals surface area contributed by atoms with Crippen LogP contribution < -0.4 is 5.32 Å². The summed E-state index contributed by atoms with van der Waals surface area (Å²) in [5, 5.41) is 5.48. The maximum absolute atomic E-state index is 12.3. The van der Waals surface area contributed by atoms with Gasteiger partial charge < -0.3 is 10.3 Å². The number of carbonyl (C=O) groups is 1. The van der Waals surface area contributed by atoms with Crippen molar-refractivity contribution in [2.24, 2.45) is 0 Å². The molecule has 0 saturated heterocycles. The van der Waals surface area contributed by atoms with Gasteiger partial charge in [-0.1, -0.05) is 0 Å². The third-order valence-electron chi connectivity index (χ3n) is 4.02. The number of Topliss-reactive ketones (excluding diaryl/α,β-unsaturated/α-hetero) is 1. The van der Waals surface area contributed by atoms with Gasteiger partial charge in [0.1, 0.15) is 5.69 Å². The van der Waals surface area contributed by atoms with E-state index in [0.717, 1.165) is 47.0 Å². The number of nitrogens with one attached hydrogen (secondary N) is 2. The highest BCUT2D eigenvalue weighted by molar-refractivity contribution is 7.07. The molecule has 1 aliphatic heterocycles. The highest BCUT2D eigenvalue weighted by Crippen LogP contribution is 2.36. The topological polar surface area (TPSA) is 70.7 Å². The summed E-state index contributed by atoms with van der Waals surface area (Å²) in [4.78, 5) is 24.7. The number of ketones is 1. The summed E-state index contributed by atoms with van der Waals surface area (Å²) in [6.07, 6.45) is 2.13. The van der Waals surface area contributed by atoms with Crippen LogP contribution in [0.5, 0.6) is 0 Å². The fraction of sp³-hybridized carbons (Fsp3) is 0.400. The molecule has 108 valence electrons. The van der Waals surface area contributed by atoms with Crippen LogP contribution in [0.2, 0.25) is 0 Å². The molecule has 0 fully saturated rings. The smallest absolute Gasteiger partial charge is 0.163 e. The lowest BCUT2D eigenvalue weighted by molar-refractivity contribution is -0.117. The molecule has 0 unspecified atom stereocenters. The molecule has 2 N–H and O–H groups in total. The van der Waals surface area contributed by atoms with Crippen LogP contribution in [0.4, 0.5) is 0 Å². The van der Waals surface area contributed by atoms with E-state index in [4.69, 9.17) is 0 Å². The Hall–Kier alpha value is -1.95. The molecule has 0 amide bonds. The Morgan fingerprint density at radius 3 is 2.95 bits per heavy atom.